The van der Waals surface area contributed by atoms with Gasteiger partial charge in [0.2, 0.25) is 0 Å². The molecule has 0 saturated carbocycles. The molecule has 5 rings (SSSR count). The molecule has 2 heterocycles. The fourth-order valence-electron chi connectivity index (χ4n) is 6.20. The molecule has 3 aromatic carbocycles. The van der Waals surface area contributed by atoms with E-state index in [0.717, 1.165) is 27.8 Å². The number of rotatable bonds is 11. The van der Waals surface area contributed by atoms with Crippen LogP contribution in [0, 0.1) is 13.8 Å². The minimum absolute atomic E-state index is 0.121. The largest absolute Gasteiger partial charge is 0.408 e. The molecule has 0 aliphatic carbocycles. The van der Waals surface area contributed by atoms with Gasteiger partial charge in [0, 0.05) is 12.3 Å². The van der Waals surface area contributed by atoms with Crippen molar-refractivity contribution in [3.8, 4) is 0 Å². The second-order valence-corrected chi connectivity index (χ2v) is 26.9. The summed E-state index contributed by atoms with van der Waals surface area (Å²) in [5, 5.41) is -0.257. The Morgan fingerprint density at radius 1 is 0.673 bits per heavy atom. The van der Waals surface area contributed by atoms with Crippen LogP contribution in [0.25, 0.3) is 0 Å². The summed E-state index contributed by atoms with van der Waals surface area (Å²) in [5.74, 6) is 0. The van der Waals surface area contributed by atoms with Gasteiger partial charge >= 0.3 is 5.69 Å². The molecule has 0 bridgehead atoms. The molecule has 10 heteroatoms. The van der Waals surface area contributed by atoms with Gasteiger partial charge in [0.25, 0.3) is 5.56 Å². The Balaban J connectivity index is 1.70. The number of aryl methyl sites for hydroxylation is 2. The standard InChI is InChI=1S/C42H58N2O6Si2/c1-29-18-22-32(23-19-29)42(31-16-14-13-15-17-31,33-24-20-30(2)21-25-33)47-28-34-36(49-51(9,10)40(3,4)5)37(50-52(11,12)41(6,7)8)38(48-34)44-27-26-35(45)43-39(44)46/h13-27,34,36-38H,28H2,1-12H3,(H,43,45,46)/t34-,36-,37-,38-/m1/s1. The van der Waals surface area contributed by atoms with Gasteiger partial charge in [0.05, 0.1) is 6.61 Å². The summed E-state index contributed by atoms with van der Waals surface area (Å²) in [7, 11) is -4.92. The first-order chi connectivity index (χ1) is 24.2. The molecule has 1 aliphatic rings. The molecule has 8 nitrogen and oxygen atoms in total. The topological polar surface area (TPSA) is 91.8 Å². The van der Waals surface area contributed by atoms with E-state index in [-0.39, 0.29) is 16.7 Å². The Bertz CT molecular complexity index is 1880. The lowest BCUT2D eigenvalue weighted by Crippen LogP contribution is -2.54. The van der Waals surface area contributed by atoms with Gasteiger partial charge < -0.3 is 18.3 Å². The number of ether oxygens (including phenoxy) is 2. The summed E-state index contributed by atoms with van der Waals surface area (Å²) >= 11 is 0. The lowest BCUT2D eigenvalue weighted by molar-refractivity contribution is -0.0945. The van der Waals surface area contributed by atoms with Gasteiger partial charge in [-0.05, 0) is 66.8 Å². The fourth-order valence-corrected chi connectivity index (χ4v) is 8.81. The Labute approximate surface area is 311 Å². The van der Waals surface area contributed by atoms with E-state index >= 15 is 0 Å². The van der Waals surface area contributed by atoms with Crippen molar-refractivity contribution < 1.29 is 18.3 Å². The van der Waals surface area contributed by atoms with E-state index in [2.05, 4.69) is 147 Å². The van der Waals surface area contributed by atoms with E-state index in [1.807, 2.05) is 18.2 Å². The van der Waals surface area contributed by atoms with Crippen molar-refractivity contribution in [1.82, 2.24) is 9.55 Å². The highest BCUT2D eigenvalue weighted by Crippen LogP contribution is 2.47. The molecule has 0 radical (unpaired) electrons. The van der Waals surface area contributed by atoms with Crippen LogP contribution in [0.5, 0.6) is 0 Å². The summed E-state index contributed by atoms with van der Waals surface area (Å²) in [6, 6.07) is 28.6. The SMILES string of the molecule is Cc1ccc(C(OC[C@H]2O[C@@H](n3ccc(=O)[nH]c3=O)[C@H](O[Si](C)(C)C(C)(C)C)[C@@H]2O[Si](C)(C)C(C)(C)C)(c2ccccc2)c2ccc(C)cc2)cc1. The first kappa shape index (κ1) is 39.8. The highest BCUT2D eigenvalue weighted by Gasteiger charge is 2.55. The molecule has 280 valence electrons. The monoisotopic (exact) mass is 742 g/mol. The quantitative estimate of drug-likeness (QED) is 0.122. The van der Waals surface area contributed by atoms with Crippen molar-refractivity contribution in [3.05, 3.63) is 140 Å². The lowest BCUT2D eigenvalue weighted by Gasteiger charge is -2.44. The van der Waals surface area contributed by atoms with E-state index in [1.165, 1.54) is 16.8 Å². The smallest absolute Gasteiger partial charge is 0.330 e. The molecule has 1 aliphatic heterocycles. The average molecular weight is 743 g/mol. The third-order valence-corrected chi connectivity index (χ3v) is 20.4. The molecule has 4 atom stereocenters. The van der Waals surface area contributed by atoms with Crippen molar-refractivity contribution in [2.45, 2.75) is 122 Å². The molecule has 1 fully saturated rings. The first-order valence-corrected chi connectivity index (χ1v) is 24.1. The third kappa shape index (κ3) is 8.07. The van der Waals surface area contributed by atoms with Crippen LogP contribution in [0.15, 0.2) is 101 Å². The van der Waals surface area contributed by atoms with Gasteiger partial charge in [0.15, 0.2) is 22.9 Å². The first-order valence-electron chi connectivity index (χ1n) is 18.3. The summed E-state index contributed by atoms with van der Waals surface area (Å²) in [6.07, 6.45) is -1.24. The zero-order chi connectivity index (χ0) is 38.3. The molecule has 0 spiro atoms. The molecule has 1 N–H and O–H groups in total. The number of hydrogen-bond acceptors (Lipinski definition) is 6. The maximum absolute atomic E-state index is 13.4. The third-order valence-electron chi connectivity index (χ3n) is 11.4. The Morgan fingerprint density at radius 2 is 1.13 bits per heavy atom. The average Bonchev–Trinajstić information content (AvgIpc) is 3.37. The number of hydrogen-bond donors (Lipinski definition) is 1. The van der Waals surface area contributed by atoms with Gasteiger partial charge in [-0.3, -0.25) is 14.3 Å². The van der Waals surface area contributed by atoms with Crippen molar-refractivity contribution in [1.29, 1.82) is 0 Å². The van der Waals surface area contributed by atoms with Crippen LogP contribution in [0.2, 0.25) is 36.3 Å². The number of aromatic nitrogens is 2. The summed E-state index contributed by atoms with van der Waals surface area (Å²) in [4.78, 5) is 28.1. The van der Waals surface area contributed by atoms with Crippen LogP contribution in [0.1, 0.15) is 75.6 Å². The van der Waals surface area contributed by atoms with E-state index in [9.17, 15) is 9.59 Å². The zero-order valence-electron chi connectivity index (χ0n) is 33.1. The molecule has 1 saturated heterocycles. The predicted molar refractivity (Wildman–Crippen MR) is 214 cm³/mol. The number of nitrogens with one attached hydrogen (secondary N) is 1. The molecule has 0 amide bonds. The minimum Gasteiger partial charge on any atom is -0.408 e. The molecule has 4 aromatic rings. The number of nitrogens with zero attached hydrogens (tertiary/aromatic N) is 1. The van der Waals surface area contributed by atoms with Gasteiger partial charge in [-0.25, -0.2) is 4.79 Å². The van der Waals surface area contributed by atoms with Gasteiger partial charge in [0.1, 0.15) is 23.9 Å². The fraction of sp³-hybridized carbons (Fsp3) is 0.476. The Morgan fingerprint density at radius 3 is 1.60 bits per heavy atom. The zero-order valence-corrected chi connectivity index (χ0v) is 35.1. The maximum Gasteiger partial charge on any atom is 0.330 e. The van der Waals surface area contributed by atoms with Gasteiger partial charge in [-0.1, -0.05) is 132 Å². The number of H-pyrrole nitrogens is 1. The minimum atomic E-state index is -2.47. The van der Waals surface area contributed by atoms with Crippen molar-refractivity contribution in [2.24, 2.45) is 0 Å². The second-order valence-electron chi connectivity index (χ2n) is 17.4. The van der Waals surface area contributed by atoms with E-state index in [0.29, 0.717) is 0 Å². The summed E-state index contributed by atoms with van der Waals surface area (Å²) in [5.41, 5.74) is 3.20. The van der Waals surface area contributed by atoms with Crippen LogP contribution in [0.3, 0.4) is 0 Å². The molecular formula is C42H58N2O6Si2. The molecule has 0 unspecified atom stereocenters. The second kappa shape index (κ2) is 14.8. The molecular weight excluding hydrogens is 685 g/mol. The predicted octanol–water partition coefficient (Wildman–Crippen LogP) is 8.84. The highest BCUT2D eigenvalue weighted by atomic mass is 28.4. The van der Waals surface area contributed by atoms with Crippen molar-refractivity contribution in [3.63, 3.8) is 0 Å². The van der Waals surface area contributed by atoms with Gasteiger partial charge in [-0.2, -0.15) is 0 Å². The number of benzene rings is 3. The van der Waals surface area contributed by atoms with Crippen LogP contribution in [-0.2, 0) is 23.9 Å². The van der Waals surface area contributed by atoms with Gasteiger partial charge in [-0.15, -0.1) is 0 Å². The maximum atomic E-state index is 13.4. The molecule has 52 heavy (non-hydrogen) atoms. The van der Waals surface area contributed by atoms with Crippen LogP contribution in [0.4, 0.5) is 0 Å². The number of aromatic amines is 1. The highest BCUT2D eigenvalue weighted by molar-refractivity contribution is 6.74. The van der Waals surface area contributed by atoms with E-state index < -0.39 is 58.0 Å². The summed E-state index contributed by atoms with van der Waals surface area (Å²) < 4.78 is 30.3. The van der Waals surface area contributed by atoms with E-state index in [4.69, 9.17) is 18.3 Å². The lowest BCUT2D eigenvalue weighted by atomic mass is 9.79. The molecule has 1 aromatic heterocycles. The van der Waals surface area contributed by atoms with Crippen LogP contribution >= 0.6 is 0 Å². The van der Waals surface area contributed by atoms with Crippen LogP contribution in [-0.4, -0.2) is 51.1 Å². The van der Waals surface area contributed by atoms with Crippen molar-refractivity contribution >= 4 is 16.6 Å². The Kier molecular flexibility index (Phi) is 11.3. The Hall–Kier alpha value is -3.39. The van der Waals surface area contributed by atoms with E-state index in [1.54, 1.807) is 0 Å². The van der Waals surface area contributed by atoms with Crippen LogP contribution < -0.4 is 11.2 Å². The normalized spacial score (nSPS) is 20.3. The van der Waals surface area contributed by atoms with Crippen molar-refractivity contribution in [2.75, 3.05) is 6.61 Å². The summed E-state index contributed by atoms with van der Waals surface area (Å²) in [6.45, 7) is 26.3.